The molecule has 1 heterocycles. The Kier molecular flexibility index (Phi) is 5.85. The summed E-state index contributed by atoms with van der Waals surface area (Å²) in [4.78, 5) is 31.4. The van der Waals surface area contributed by atoms with Crippen LogP contribution in [-0.2, 0) is 4.74 Å². The first-order valence-electron chi connectivity index (χ1n) is 7.05. The molecule has 0 unspecified atom stereocenters. The quantitative estimate of drug-likeness (QED) is 0.316. The molecule has 0 saturated heterocycles. The molecule has 7 heteroatoms. The van der Waals surface area contributed by atoms with Gasteiger partial charge in [0, 0.05) is 9.13 Å². The Balaban J connectivity index is 2.14. The van der Waals surface area contributed by atoms with Gasteiger partial charge in [-0.3, -0.25) is 4.79 Å². The van der Waals surface area contributed by atoms with Gasteiger partial charge in [0.05, 0.1) is 17.6 Å². The lowest BCUT2D eigenvalue weighted by Gasteiger charge is -2.21. The highest BCUT2D eigenvalue weighted by Crippen LogP contribution is 2.33. The summed E-state index contributed by atoms with van der Waals surface area (Å²) in [5.74, 6) is -0.441. The molecule has 0 fully saturated rings. The molecule has 2 aromatic rings. The number of aromatic amines is 1. The number of halogens is 1. The minimum atomic E-state index is -0.714. The van der Waals surface area contributed by atoms with Crippen LogP contribution in [0, 0.1) is 3.57 Å². The van der Waals surface area contributed by atoms with E-state index in [0.717, 1.165) is 3.57 Å². The van der Waals surface area contributed by atoms with Crippen molar-refractivity contribution in [1.29, 1.82) is 0 Å². The molecule has 23 heavy (non-hydrogen) atoms. The Morgan fingerprint density at radius 1 is 1.39 bits per heavy atom. The van der Waals surface area contributed by atoms with Crippen LogP contribution >= 0.6 is 34.4 Å². The lowest BCUT2D eigenvalue weighted by atomic mass is 10.0. The normalized spacial score (nSPS) is 11.3. The maximum Gasteiger partial charge on any atom is 0.356 e. The SMILES string of the molecule is CCOC(=O)c1cnc(SC(C)(C)C(=O)c2cccc(I)c2)[nH]1. The minimum absolute atomic E-state index is 0.00935. The van der Waals surface area contributed by atoms with Crippen molar-refractivity contribution in [2.24, 2.45) is 0 Å². The second kappa shape index (κ2) is 7.48. The number of thioether (sulfide) groups is 1. The summed E-state index contributed by atoms with van der Waals surface area (Å²) in [5, 5.41) is 0.511. The number of H-pyrrole nitrogens is 1. The number of rotatable bonds is 6. The number of ketones is 1. The lowest BCUT2D eigenvalue weighted by Crippen LogP contribution is -2.28. The molecule has 0 atom stereocenters. The smallest absolute Gasteiger partial charge is 0.356 e. The highest BCUT2D eigenvalue weighted by Gasteiger charge is 2.31. The molecule has 2 rings (SSSR count). The van der Waals surface area contributed by atoms with E-state index in [9.17, 15) is 9.59 Å². The monoisotopic (exact) mass is 444 g/mol. The van der Waals surface area contributed by atoms with Crippen molar-refractivity contribution in [1.82, 2.24) is 9.97 Å². The van der Waals surface area contributed by atoms with E-state index >= 15 is 0 Å². The maximum absolute atomic E-state index is 12.7. The standard InChI is InChI=1S/C16H17IN2O3S/c1-4-22-14(21)12-9-18-15(19-12)23-16(2,3)13(20)10-6-5-7-11(17)8-10/h5-9H,4H2,1-3H3,(H,18,19). The van der Waals surface area contributed by atoms with E-state index in [2.05, 4.69) is 32.6 Å². The molecule has 0 aliphatic heterocycles. The van der Waals surface area contributed by atoms with Crippen molar-refractivity contribution in [2.45, 2.75) is 30.7 Å². The van der Waals surface area contributed by atoms with Crippen molar-refractivity contribution in [2.75, 3.05) is 6.61 Å². The van der Waals surface area contributed by atoms with Crippen LogP contribution in [0.2, 0.25) is 0 Å². The predicted molar refractivity (Wildman–Crippen MR) is 98.0 cm³/mol. The molecule has 0 aliphatic rings. The molecule has 1 N–H and O–H groups in total. The number of carbonyl (C=O) groups is 2. The first-order chi connectivity index (χ1) is 10.8. The van der Waals surface area contributed by atoms with E-state index in [1.165, 1.54) is 18.0 Å². The van der Waals surface area contributed by atoms with Crippen molar-refractivity contribution >= 4 is 46.1 Å². The third kappa shape index (κ3) is 4.57. The van der Waals surface area contributed by atoms with Crippen LogP contribution in [-0.4, -0.2) is 33.1 Å². The summed E-state index contributed by atoms with van der Waals surface area (Å²) in [6.45, 7) is 5.72. The maximum atomic E-state index is 12.7. The van der Waals surface area contributed by atoms with Crippen LogP contribution in [0.5, 0.6) is 0 Å². The van der Waals surface area contributed by atoms with Gasteiger partial charge in [0.15, 0.2) is 10.9 Å². The second-order valence-corrected chi connectivity index (χ2v) is 8.13. The van der Waals surface area contributed by atoms with E-state index in [-0.39, 0.29) is 11.5 Å². The zero-order valence-electron chi connectivity index (χ0n) is 13.1. The molecule has 122 valence electrons. The number of ether oxygens (including phenoxy) is 1. The van der Waals surface area contributed by atoms with E-state index in [4.69, 9.17) is 4.74 Å². The van der Waals surface area contributed by atoms with Gasteiger partial charge < -0.3 is 9.72 Å². The van der Waals surface area contributed by atoms with Crippen LogP contribution in [0.15, 0.2) is 35.6 Å². The average Bonchev–Trinajstić information content (AvgIpc) is 2.94. The molecule has 0 bridgehead atoms. The number of nitrogens with one attached hydrogen (secondary N) is 1. The van der Waals surface area contributed by atoms with Gasteiger partial charge in [-0.25, -0.2) is 9.78 Å². The molecular weight excluding hydrogens is 427 g/mol. The average molecular weight is 444 g/mol. The Bertz CT molecular complexity index is 728. The second-order valence-electron chi connectivity index (χ2n) is 5.27. The van der Waals surface area contributed by atoms with Crippen molar-refractivity contribution < 1.29 is 14.3 Å². The topological polar surface area (TPSA) is 72.0 Å². The zero-order chi connectivity index (χ0) is 17.0. The van der Waals surface area contributed by atoms with Gasteiger partial charge in [-0.15, -0.1) is 0 Å². The van der Waals surface area contributed by atoms with Gasteiger partial charge in [-0.2, -0.15) is 0 Å². The van der Waals surface area contributed by atoms with Crippen LogP contribution in [0.25, 0.3) is 0 Å². The Morgan fingerprint density at radius 3 is 2.78 bits per heavy atom. The highest BCUT2D eigenvalue weighted by molar-refractivity contribution is 14.1. The molecule has 0 saturated carbocycles. The molecule has 0 radical (unpaired) electrons. The number of Topliss-reactive ketones (excluding diaryl/α,β-unsaturated/α-hetero) is 1. The van der Waals surface area contributed by atoms with Crippen LogP contribution < -0.4 is 0 Å². The highest BCUT2D eigenvalue weighted by atomic mass is 127. The third-order valence-electron chi connectivity index (χ3n) is 3.03. The molecule has 1 aromatic carbocycles. The Morgan fingerprint density at radius 2 is 2.13 bits per heavy atom. The summed E-state index contributed by atoms with van der Waals surface area (Å²) in [6, 6.07) is 7.47. The third-order valence-corrected chi connectivity index (χ3v) is 4.80. The van der Waals surface area contributed by atoms with Gasteiger partial charge in [-0.05, 0) is 55.5 Å². The van der Waals surface area contributed by atoms with E-state index in [1.807, 2.05) is 32.0 Å². The van der Waals surface area contributed by atoms with Crippen LogP contribution in [0.4, 0.5) is 0 Å². The van der Waals surface area contributed by atoms with Gasteiger partial charge in [0.25, 0.3) is 0 Å². The van der Waals surface area contributed by atoms with E-state index in [1.54, 1.807) is 13.0 Å². The molecule has 0 amide bonds. The fraction of sp³-hybridized carbons (Fsp3) is 0.312. The van der Waals surface area contributed by atoms with Gasteiger partial charge in [0.1, 0.15) is 5.69 Å². The number of imidazole rings is 1. The van der Waals surface area contributed by atoms with Crippen LogP contribution in [0.1, 0.15) is 41.6 Å². The van der Waals surface area contributed by atoms with Crippen molar-refractivity contribution in [3.63, 3.8) is 0 Å². The molecular formula is C16H17IN2O3S. The first-order valence-corrected chi connectivity index (χ1v) is 8.94. The largest absolute Gasteiger partial charge is 0.461 e. The molecule has 1 aromatic heterocycles. The number of esters is 1. The molecule has 0 aliphatic carbocycles. The zero-order valence-corrected chi connectivity index (χ0v) is 16.0. The summed E-state index contributed by atoms with van der Waals surface area (Å²) >= 11 is 3.46. The van der Waals surface area contributed by atoms with Gasteiger partial charge >= 0.3 is 5.97 Å². The summed E-state index contributed by atoms with van der Waals surface area (Å²) in [7, 11) is 0. The number of carbonyl (C=O) groups excluding carboxylic acids is 2. The fourth-order valence-electron chi connectivity index (χ4n) is 1.93. The van der Waals surface area contributed by atoms with Gasteiger partial charge in [0.2, 0.25) is 0 Å². The van der Waals surface area contributed by atoms with Gasteiger partial charge in [-0.1, -0.05) is 23.9 Å². The number of hydrogen-bond acceptors (Lipinski definition) is 5. The lowest BCUT2D eigenvalue weighted by molar-refractivity contribution is 0.0519. The van der Waals surface area contributed by atoms with Crippen LogP contribution in [0.3, 0.4) is 0 Å². The van der Waals surface area contributed by atoms with Crippen molar-refractivity contribution in [3.05, 3.63) is 45.3 Å². The first kappa shape index (κ1) is 18.0. The summed E-state index contributed by atoms with van der Waals surface area (Å²) in [5.41, 5.74) is 0.943. The van der Waals surface area contributed by atoms with E-state index < -0.39 is 10.7 Å². The number of benzene rings is 1. The summed E-state index contributed by atoms with van der Waals surface area (Å²) in [6.07, 6.45) is 1.42. The Labute approximate surface area is 152 Å². The minimum Gasteiger partial charge on any atom is -0.461 e. The summed E-state index contributed by atoms with van der Waals surface area (Å²) < 4.78 is 5.21. The number of nitrogens with zero attached hydrogens (tertiary/aromatic N) is 1. The number of aromatic nitrogens is 2. The number of hydrogen-bond donors (Lipinski definition) is 1. The molecule has 5 nitrogen and oxygen atoms in total. The fourth-order valence-corrected chi connectivity index (χ4v) is 3.44. The predicted octanol–water partition coefficient (Wildman–Crippen LogP) is 3.94. The Hall–Kier alpha value is -1.35. The molecule has 0 spiro atoms. The van der Waals surface area contributed by atoms with Crippen molar-refractivity contribution in [3.8, 4) is 0 Å². The van der Waals surface area contributed by atoms with E-state index in [0.29, 0.717) is 17.3 Å².